The summed E-state index contributed by atoms with van der Waals surface area (Å²) >= 11 is 7.28. The van der Waals surface area contributed by atoms with Crippen LogP contribution >= 0.6 is 22.9 Å². The zero-order valence-corrected chi connectivity index (χ0v) is 22.1. The average Bonchev–Trinajstić information content (AvgIpc) is 3.16. The van der Waals surface area contributed by atoms with Gasteiger partial charge in [0.05, 0.1) is 16.3 Å². The van der Waals surface area contributed by atoms with Gasteiger partial charge in [0.2, 0.25) is 5.91 Å². The number of nitrogens with one attached hydrogen (secondary N) is 3. The first-order valence-electron chi connectivity index (χ1n) is 10.9. The number of halogens is 1. The molecule has 188 valence electrons. The van der Waals surface area contributed by atoms with Gasteiger partial charge in [-0.2, -0.15) is 0 Å². The Morgan fingerprint density at radius 3 is 2.54 bits per heavy atom. The van der Waals surface area contributed by atoms with Crippen molar-refractivity contribution in [3.63, 3.8) is 0 Å². The number of sulfone groups is 1. The van der Waals surface area contributed by atoms with Crippen molar-refractivity contribution < 1.29 is 18.0 Å². The Morgan fingerprint density at radius 2 is 1.83 bits per heavy atom. The maximum absolute atomic E-state index is 12.7. The highest BCUT2D eigenvalue weighted by Gasteiger charge is 2.18. The smallest absolute Gasteiger partial charge is 0.263 e. The van der Waals surface area contributed by atoms with Crippen molar-refractivity contribution in [2.24, 2.45) is 12.0 Å². The zero-order chi connectivity index (χ0) is 25.6. The standard InChI is InChI=1S/C23H28ClN5O4S2/c1-25-22(31)21-19(29(3)23(26-2)34-21)14-27-9-10-28-20(30)8-11-35(32,33)18-7-5-15-12-17(24)6-4-16(15)13-18/h4-7,12-13,27H,8-11,14H2,1-3H3,(H,25,31)(H,28,30). The Hall–Kier alpha value is -2.73. The van der Waals surface area contributed by atoms with Crippen LogP contribution < -0.4 is 20.8 Å². The third-order valence-corrected chi connectivity index (χ3v) is 8.63. The largest absolute Gasteiger partial charge is 0.355 e. The van der Waals surface area contributed by atoms with Crippen molar-refractivity contribution in [2.75, 3.05) is 32.9 Å². The highest BCUT2D eigenvalue weighted by Crippen LogP contribution is 2.23. The number of hydrogen-bond acceptors (Lipinski definition) is 7. The normalized spacial score (nSPS) is 12.2. The number of rotatable bonds is 10. The van der Waals surface area contributed by atoms with E-state index in [-0.39, 0.29) is 28.9 Å². The summed E-state index contributed by atoms with van der Waals surface area (Å²) in [4.78, 5) is 30.0. The lowest BCUT2D eigenvalue weighted by molar-refractivity contribution is -0.120. The number of carbonyl (C=O) groups is 2. The van der Waals surface area contributed by atoms with E-state index < -0.39 is 9.84 Å². The van der Waals surface area contributed by atoms with Gasteiger partial charge >= 0.3 is 0 Å². The molecule has 1 aromatic heterocycles. The van der Waals surface area contributed by atoms with Gasteiger partial charge in [-0.3, -0.25) is 14.6 Å². The fourth-order valence-corrected chi connectivity index (χ4v) is 5.99. The summed E-state index contributed by atoms with van der Waals surface area (Å²) in [6, 6.07) is 10.1. The SMILES string of the molecule is CN=c1sc(C(=O)NC)c(CNCCNC(=O)CCS(=O)(=O)c2ccc3cc(Cl)ccc3c2)n1C. The van der Waals surface area contributed by atoms with Crippen molar-refractivity contribution in [1.29, 1.82) is 0 Å². The lowest BCUT2D eigenvalue weighted by atomic mass is 10.1. The Balaban J connectivity index is 1.48. The van der Waals surface area contributed by atoms with E-state index in [1.54, 1.807) is 44.4 Å². The molecule has 0 atom stereocenters. The van der Waals surface area contributed by atoms with E-state index in [1.165, 1.54) is 17.4 Å². The first kappa shape index (κ1) is 26.9. The van der Waals surface area contributed by atoms with Crippen molar-refractivity contribution in [3.05, 3.63) is 56.8 Å². The molecule has 0 radical (unpaired) electrons. The third-order valence-electron chi connectivity index (χ3n) is 5.42. The Morgan fingerprint density at radius 1 is 1.11 bits per heavy atom. The molecule has 0 spiro atoms. The maximum Gasteiger partial charge on any atom is 0.263 e. The molecule has 35 heavy (non-hydrogen) atoms. The molecule has 3 N–H and O–H groups in total. The first-order valence-corrected chi connectivity index (χ1v) is 13.7. The van der Waals surface area contributed by atoms with Gasteiger partial charge in [0.15, 0.2) is 14.6 Å². The molecule has 12 heteroatoms. The topological polar surface area (TPSA) is 122 Å². The number of aromatic nitrogens is 1. The lowest BCUT2D eigenvalue weighted by Crippen LogP contribution is -2.33. The molecule has 0 saturated carbocycles. The molecule has 0 fully saturated rings. The second-order valence-corrected chi connectivity index (χ2v) is 11.3. The van der Waals surface area contributed by atoms with Crippen LogP contribution in [-0.2, 0) is 28.2 Å². The van der Waals surface area contributed by atoms with E-state index in [9.17, 15) is 18.0 Å². The van der Waals surface area contributed by atoms with Gasteiger partial charge in [0, 0.05) is 52.2 Å². The summed E-state index contributed by atoms with van der Waals surface area (Å²) in [5.74, 6) is -0.807. The van der Waals surface area contributed by atoms with Crippen LogP contribution in [0.15, 0.2) is 46.3 Å². The van der Waals surface area contributed by atoms with Crippen LogP contribution in [0.3, 0.4) is 0 Å². The van der Waals surface area contributed by atoms with E-state index in [1.807, 2.05) is 11.6 Å². The summed E-state index contributed by atoms with van der Waals surface area (Å²) in [6.07, 6.45) is -0.136. The molecule has 0 aliphatic rings. The highest BCUT2D eigenvalue weighted by molar-refractivity contribution is 7.91. The molecule has 0 unspecified atom stereocenters. The number of fused-ring (bicyclic) bond motifs is 1. The summed E-state index contributed by atoms with van der Waals surface area (Å²) < 4.78 is 27.2. The molecule has 3 aromatic rings. The number of thiazole rings is 1. The number of nitrogens with zero attached hydrogens (tertiary/aromatic N) is 2. The molecule has 0 aliphatic carbocycles. The molecule has 2 aromatic carbocycles. The fourth-order valence-electron chi connectivity index (χ4n) is 3.49. The molecule has 1 heterocycles. The van der Waals surface area contributed by atoms with E-state index in [2.05, 4.69) is 20.9 Å². The van der Waals surface area contributed by atoms with Crippen LogP contribution in [0.25, 0.3) is 10.8 Å². The van der Waals surface area contributed by atoms with Crippen LogP contribution in [0.4, 0.5) is 0 Å². The predicted molar refractivity (Wildman–Crippen MR) is 139 cm³/mol. The zero-order valence-electron chi connectivity index (χ0n) is 19.7. The van der Waals surface area contributed by atoms with E-state index in [4.69, 9.17) is 11.6 Å². The minimum absolute atomic E-state index is 0.136. The highest BCUT2D eigenvalue weighted by atomic mass is 35.5. The quantitative estimate of drug-likeness (QED) is 0.341. The maximum atomic E-state index is 12.7. The van der Waals surface area contributed by atoms with Crippen LogP contribution in [-0.4, -0.2) is 57.7 Å². The first-order chi connectivity index (χ1) is 16.7. The Bertz CT molecular complexity index is 1410. The number of hydrogen-bond donors (Lipinski definition) is 3. The fraction of sp³-hybridized carbons (Fsp3) is 0.348. The molecular formula is C23H28ClN5O4S2. The Kier molecular flexibility index (Phi) is 9.06. The lowest BCUT2D eigenvalue weighted by Gasteiger charge is -2.10. The minimum Gasteiger partial charge on any atom is -0.355 e. The third kappa shape index (κ3) is 6.69. The average molecular weight is 538 g/mol. The number of carbonyl (C=O) groups excluding carboxylic acids is 2. The summed E-state index contributed by atoms with van der Waals surface area (Å²) in [6.45, 7) is 1.19. The van der Waals surface area contributed by atoms with Crippen molar-refractivity contribution >= 4 is 55.4 Å². The van der Waals surface area contributed by atoms with Crippen LogP contribution in [0, 0.1) is 0 Å². The summed E-state index contributed by atoms with van der Waals surface area (Å²) in [5, 5.41) is 10.7. The van der Waals surface area contributed by atoms with Gasteiger partial charge in [0.25, 0.3) is 5.91 Å². The van der Waals surface area contributed by atoms with Gasteiger partial charge in [-0.15, -0.1) is 0 Å². The van der Waals surface area contributed by atoms with Crippen molar-refractivity contribution in [2.45, 2.75) is 17.9 Å². The van der Waals surface area contributed by atoms with E-state index in [0.717, 1.165) is 21.3 Å². The second-order valence-electron chi connectivity index (χ2n) is 7.77. The van der Waals surface area contributed by atoms with Gasteiger partial charge in [-0.1, -0.05) is 35.1 Å². The van der Waals surface area contributed by atoms with Crippen LogP contribution in [0.5, 0.6) is 0 Å². The second kappa shape index (κ2) is 11.8. The van der Waals surface area contributed by atoms with E-state index >= 15 is 0 Å². The monoisotopic (exact) mass is 537 g/mol. The van der Waals surface area contributed by atoms with Gasteiger partial charge < -0.3 is 20.5 Å². The minimum atomic E-state index is -3.61. The molecule has 0 saturated heterocycles. The molecule has 0 bridgehead atoms. The molecule has 3 rings (SSSR count). The Labute approximate surface area is 213 Å². The van der Waals surface area contributed by atoms with Crippen LogP contribution in [0.2, 0.25) is 5.02 Å². The van der Waals surface area contributed by atoms with E-state index in [0.29, 0.717) is 29.5 Å². The number of amides is 2. The summed E-state index contributed by atoms with van der Waals surface area (Å²) in [5.41, 5.74) is 0.796. The van der Waals surface area contributed by atoms with Crippen molar-refractivity contribution in [1.82, 2.24) is 20.5 Å². The molecule has 9 nitrogen and oxygen atoms in total. The van der Waals surface area contributed by atoms with Gasteiger partial charge in [-0.25, -0.2) is 8.42 Å². The van der Waals surface area contributed by atoms with Gasteiger partial charge in [-0.05, 0) is 35.0 Å². The van der Waals surface area contributed by atoms with Crippen LogP contribution in [0.1, 0.15) is 21.8 Å². The molecule has 0 aliphatic heterocycles. The molecule has 2 amide bonds. The molecular weight excluding hydrogens is 510 g/mol. The summed E-state index contributed by atoms with van der Waals surface area (Å²) in [7, 11) is 1.48. The van der Waals surface area contributed by atoms with Crippen molar-refractivity contribution in [3.8, 4) is 0 Å². The number of benzene rings is 2. The van der Waals surface area contributed by atoms with Gasteiger partial charge in [0.1, 0.15) is 4.88 Å². The predicted octanol–water partition coefficient (Wildman–Crippen LogP) is 1.85.